The summed E-state index contributed by atoms with van der Waals surface area (Å²) in [4.78, 5) is 20.6. The highest BCUT2D eigenvalue weighted by Gasteiger charge is 2.17. The number of hydrogen-bond donors (Lipinski definition) is 2. The molecule has 7 heteroatoms. The highest BCUT2D eigenvalue weighted by molar-refractivity contribution is 5.88. The Balaban J connectivity index is 1.95. The largest absolute Gasteiger partial charge is 0.334 e. The number of aromatic nitrogens is 4. The maximum atomic E-state index is 12.0. The monoisotopic (exact) mass is 316 g/mol. The zero-order valence-electron chi connectivity index (χ0n) is 14.6. The summed E-state index contributed by atoms with van der Waals surface area (Å²) < 4.78 is 1.81. The van der Waals surface area contributed by atoms with Crippen molar-refractivity contribution in [2.75, 3.05) is 5.32 Å². The Morgan fingerprint density at radius 2 is 1.83 bits per heavy atom. The molecule has 0 bridgehead atoms. The quantitative estimate of drug-likeness (QED) is 0.911. The Hall–Kier alpha value is -2.44. The summed E-state index contributed by atoms with van der Waals surface area (Å²) in [6.07, 6.45) is 3.24. The second-order valence-electron chi connectivity index (χ2n) is 6.63. The van der Waals surface area contributed by atoms with Crippen molar-refractivity contribution in [2.24, 2.45) is 7.05 Å². The van der Waals surface area contributed by atoms with Crippen LogP contribution in [0, 0.1) is 13.8 Å². The summed E-state index contributed by atoms with van der Waals surface area (Å²) in [5.41, 5.74) is 3.44. The summed E-state index contributed by atoms with van der Waals surface area (Å²) in [7, 11) is 1.89. The Morgan fingerprint density at radius 3 is 2.30 bits per heavy atom. The van der Waals surface area contributed by atoms with Gasteiger partial charge in [-0.05, 0) is 13.8 Å². The summed E-state index contributed by atoms with van der Waals surface area (Å²) in [6, 6.07) is -0.292. The lowest BCUT2D eigenvalue weighted by Crippen LogP contribution is -2.29. The van der Waals surface area contributed by atoms with Crippen molar-refractivity contribution < 1.29 is 4.79 Å². The molecule has 0 spiro atoms. The van der Waals surface area contributed by atoms with Crippen LogP contribution in [0.2, 0.25) is 0 Å². The Kier molecular flexibility index (Phi) is 4.68. The molecule has 0 fully saturated rings. The minimum atomic E-state index is -0.292. The number of nitrogens with zero attached hydrogens (tertiary/aromatic N) is 4. The molecule has 2 rings (SSSR count). The third-order valence-electron chi connectivity index (χ3n) is 3.67. The average Bonchev–Trinajstić information content (AvgIpc) is 2.70. The van der Waals surface area contributed by atoms with Gasteiger partial charge in [-0.25, -0.2) is 14.8 Å². The molecule has 2 aromatic heterocycles. The van der Waals surface area contributed by atoms with Crippen LogP contribution in [0.15, 0.2) is 12.4 Å². The number of aryl methyl sites for hydroxylation is 2. The minimum absolute atomic E-state index is 0.115. The van der Waals surface area contributed by atoms with Crippen LogP contribution in [0.25, 0.3) is 0 Å². The summed E-state index contributed by atoms with van der Waals surface area (Å²) in [5, 5.41) is 9.89. The molecule has 124 valence electrons. The number of nitrogens with one attached hydrogen (secondary N) is 2. The molecule has 0 aliphatic carbocycles. The van der Waals surface area contributed by atoms with Gasteiger partial charge in [0.1, 0.15) is 5.82 Å². The van der Waals surface area contributed by atoms with Crippen molar-refractivity contribution in [1.82, 2.24) is 25.1 Å². The predicted molar refractivity (Wildman–Crippen MR) is 89.3 cm³/mol. The lowest BCUT2D eigenvalue weighted by molar-refractivity contribution is 0.251. The van der Waals surface area contributed by atoms with E-state index in [1.54, 1.807) is 12.4 Å². The highest BCUT2D eigenvalue weighted by atomic mass is 16.2. The predicted octanol–water partition coefficient (Wildman–Crippen LogP) is 2.45. The fraction of sp³-hybridized carbons (Fsp3) is 0.500. The molecule has 0 radical (unpaired) electrons. The van der Waals surface area contributed by atoms with Gasteiger partial charge < -0.3 is 10.6 Å². The van der Waals surface area contributed by atoms with E-state index in [9.17, 15) is 4.79 Å². The maximum absolute atomic E-state index is 12.0. The van der Waals surface area contributed by atoms with Gasteiger partial charge in [-0.1, -0.05) is 20.8 Å². The van der Waals surface area contributed by atoms with Crippen LogP contribution in [0.1, 0.15) is 43.5 Å². The lowest BCUT2D eigenvalue weighted by atomic mass is 9.96. The zero-order valence-corrected chi connectivity index (χ0v) is 14.6. The molecule has 2 N–H and O–H groups in total. The van der Waals surface area contributed by atoms with E-state index in [2.05, 4.69) is 25.7 Å². The topological polar surface area (TPSA) is 84.7 Å². The van der Waals surface area contributed by atoms with Gasteiger partial charge in [-0.15, -0.1) is 0 Å². The summed E-state index contributed by atoms with van der Waals surface area (Å²) in [6.45, 7) is 10.5. The average molecular weight is 316 g/mol. The van der Waals surface area contributed by atoms with E-state index in [4.69, 9.17) is 0 Å². The van der Waals surface area contributed by atoms with Crippen LogP contribution in [0.3, 0.4) is 0 Å². The number of hydrogen-bond acceptors (Lipinski definition) is 4. The molecular weight excluding hydrogens is 292 g/mol. The first-order valence-electron chi connectivity index (χ1n) is 7.55. The van der Waals surface area contributed by atoms with Gasteiger partial charge in [0.25, 0.3) is 0 Å². The van der Waals surface area contributed by atoms with Crippen molar-refractivity contribution in [2.45, 2.75) is 46.6 Å². The van der Waals surface area contributed by atoms with E-state index < -0.39 is 0 Å². The normalized spacial score (nSPS) is 11.4. The molecule has 0 unspecified atom stereocenters. The van der Waals surface area contributed by atoms with Crippen molar-refractivity contribution in [1.29, 1.82) is 0 Å². The van der Waals surface area contributed by atoms with Gasteiger partial charge in [0, 0.05) is 30.3 Å². The van der Waals surface area contributed by atoms with Crippen LogP contribution in [0.5, 0.6) is 0 Å². The molecule has 2 heterocycles. The Bertz CT molecular complexity index is 697. The molecule has 2 aromatic rings. The maximum Gasteiger partial charge on any atom is 0.319 e. The van der Waals surface area contributed by atoms with Crippen LogP contribution in [-0.4, -0.2) is 25.8 Å². The van der Waals surface area contributed by atoms with E-state index in [1.165, 1.54) is 0 Å². The number of anilines is 1. The second kappa shape index (κ2) is 6.36. The van der Waals surface area contributed by atoms with Crippen LogP contribution < -0.4 is 10.6 Å². The molecule has 0 aliphatic rings. The first-order valence-corrected chi connectivity index (χ1v) is 7.55. The van der Waals surface area contributed by atoms with Crippen LogP contribution in [-0.2, 0) is 19.0 Å². The van der Waals surface area contributed by atoms with Gasteiger partial charge >= 0.3 is 6.03 Å². The molecule has 0 saturated heterocycles. The third-order valence-corrected chi connectivity index (χ3v) is 3.67. The second-order valence-corrected chi connectivity index (χ2v) is 6.63. The van der Waals surface area contributed by atoms with Gasteiger partial charge in [0.05, 0.1) is 23.8 Å². The standard InChI is InChI=1S/C16H24N6O/c1-10-13(11(2)22(6)21-10)9-19-15(23)20-12-7-17-14(18-8-12)16(3,4)5/h7-8H,9H2,1-6H3,(H2,19,20,23). The number of rotatable bonds is 3. The van der Waals surface area contributed by atoms with Gasteiger partial charge in [-0.2, -0.15) is 5.10 Å². The van der Waals surface area contributed by atoms with E-state index in [0.717, 1.165) is 22.8 Å². The number of urea groups is 1. The minimum Gasteiger partial charge on any atom is -0.334 e. The Morgan fingerprint density at radius 1 is 1.22 bits per heavy atom. The number of carbonyl (C=O) groups excluding carboxylic acids is 1. The molecular formula is C16H24N6O. The smallest absolute Gasteiger partial charge is 0.319 e. The van der Waals surface area contributed by atoms with E-state index in [0.29, 0.717) is 12.2 Å². The molecule has 2 amide bonds. The van der Waals surface area contributed by atoms with Crippen molar-refractivity contribution >= 4 is 11.7 Å². The number of carbonyl (C=O) groups is 1. The fourth-order valence-corrected chi connectivity index (χ4v) is 2.20. The third kappa shape index (κ3) is 4.06. The lowest BCUT2D eigenvalue weighted by Gasteiger charge is -2.16. The van der Waals surface area contributed by atoms with Gasteiger partial charge in [0.2, 0.25) is 0 Å². The van der Waals surface area contributed by atoms with Gasteiger partial charge in [-0.3, -0.25) is 4.68 Å². The van der Waals surface area contributed by atoms with E-state index >= 15 is 0 Å². The molecule has 0 saturated carbocycles. The van der Waals surface area contributed by atoms with E-state index in [-0.39, 0.29) is 11.4 Å². The zero-order chi connectivity index (χ0) is 17.2. The van der Waals surface area contributed by atoms with Crippen molar-refractivity contribution in [3.8, 4) is 0 Å². The van der Waals surface area contributed by atoms with Crippen LogP contribution in [0.4, 0.5) is 10.5 Å². The summed E-state index contributed by atoms with van der Waals surface area (Å²) >= 11 is 0. The SMILES string of the molecule is Cc1nn(C)c(C)c1CNC(=O)Nc1cnc(C(C)(C)C)nc1. The summed E-state index contributed by atoms with van der Waals surface area (Å²) in [5.74, 6) is 0.741. The molecule has 0 aromatic carbocycles. The molecule has 23 heavy (non-hydrogen) atoms. The molecule has 0 atom stereocenters. The van der Waals surface area contributed by atoms with Crippen LogP contribution >= 0.6 is 0 Å². The molecule has 0 aliphatic heterocycles. The van der Waals surface area contributed by atoms with Crippen molar-refractivity contribution in [3.05, 3.63) is 35.2 Å². The Labute approximate surface area is 136 Å². The fourth-order valence-electron chi connectivity index (χ4n) is 2.20. The first kappa shape index (κ1) is 16.9. The van der Waals surface area contributed by atoms with Crippen molar-refractivity contribution in [3.63, 3.8) is 0 Å². The highest BCUT2D eigenvalue weighted by Crippen LogP contribution is 2.18. The molecule has 7 nitrogen and oxygen atoms in total. The number of amides is 2. The van der Waals surface area contributed by atoms with Gasteiger partial charge in [0.15, 0.2) is 0 Å². The van der Waals surface area contributed by atoms with E-state index in [1.807, 2.05) is 46.3 Å². The first-order chi connectivity index (χ1) is 10.7.